The number of fused-ring (bicyclic) bond motifs is 1. The molecular formula is C49H64N2O11. The lowest BCUT2D eigenvalue weighted by molar-refractivity contribution is -0.329. The van der Waals surface area contributed by atoms with Gasteiger partial charge >= 0.3 is 11.9 Å². The number of allylic oxidation sites excluding steroid dienone is 3. The number of hydrogen-bond acceptors (Lipinski definition) is 9. The van der Waals surface area contributed by atoms with E-state index in [1.807, 2.05) is 0 Å². The fraction of sp³-hybridized carbons (Fsp3) is 0.714. The minimum atomic E-state index is -1.83. The van der Waals surface area contributed by atoms with Crippen LogP contribution in [0.5, 0.6) is 0 Å². The molecule has 17 unspecified atom stereocenters. The summed E-state index contributed by atoms with van der Waals surface area (Å²) in [6.45, 7) is 11.1. The Kier molecular flexibility index (Phi) is 9.20. The van der Waals surface area contributed by atoms with Crippen LogP contribution >= 0.6 is 0 Å². The number of H-pyrrole nitrogens is 1. The zero-order valence-corrected chi connectivity index (χ0v) is 36.6. The molecule has 7 N–H and O–H groups in total. The minimum Gasteiger partial charge on any atom is -0.481 e. The van der Waals surface area contributed by atoms with Gasteiger partial charge in [-0.3, -0.25) is 9.59 Å². The maximum atomic E-state index is 15.2. The number of nitrogens with one attached hydrogen (secondary N) is 2. The van der Waals surface area contributed by atoms with Crippen LogP contribution in [-0.4, -0.2) is 97.5 Å². The van der Waals surface area contributed by atoms with Gasteiger partial charge < -0.3 is 50.1 Å². The summed E-state index contributed by atoms with van der Waals surface area (Å²) in [6, 6.07) is -0.492. The van der Waals surface area contributed by atoms with Gasteiger partial charge in [-0.25, -0.2) is 4.79 Å². The van der Waals surface area contributed by atoms with Crippen molar-refractivity contribution < 1.29 is 54.2 Å². The van der Waals surface area contributed by atoms with Crippen LogP contribution < -0.4 is 5.32 Å². The first kappa shape index (κ1) is 42.3. The molecule has 62 heavy (non-hydrogen) atoms. The van der Waals surface area contributed by atoms with Gasteiger partial charge in [-0.2, -0.15) is 0 Å². The fourth-order valence-corrected chi connectivity index (χ4v) is 17.5. The minimum absolute atomic E-state index is 0.0316. The van der Waals surface area contributed by atoms with Crippen LogP contribution in [0.4, 0.5) is 0 Å². The Morgan fingerprint density at radius 1 is 0.952 bits per heavy atom. The molecule has 1 amide bonds. The predicted octanol–water partition coefficient (Wildman–Crippen LogP) is 5.03. The zero-order chi connectivity index (χ0) is 44.2. The number of amides is 1. The van der Waals surface area contributed by atoms with Gasteiger partial charge in [0.25, 0.3) is 0 Å². The lowest BCUT2D eigenvalue weighted by Crippen LogP contribution is -2.77. The lowest BCUT2D eigenvalue weighted by Gasteiger charge is -2.80. The first-order valence-corrected chi connectivity index (χ1v) is 23.1. The zero-order valence-electron chi connectivity index (χ0n) is 36.6. The van der Waals surface area contributed by atoms with Crippen LogP contribution in [0.2, 0.25) is 0 Å². The highest BCUT2D eigenvalue weighted by atomic mass is 16.7. The Morgan fingerprint density at radius 2 is 1.71 bits per heavy atom. The molecule has 7 aliphatic carbocycles. The van der Waals surface area contributed by atoms with E-state index in [-0.39, 0.29) is 23.7 Å². The van der Waals surface area contributed by atoms with Crippen molar-refractivity contribution in [2.45, 2.75) is 155 Å². The number of aryl methyl sites for hydroxylation is 2. The van der Waals surface area contributed by atoms with Gasteiger partial charge in [0, 0.05) is 40.6 Å². The molecule has 2 aliphatic heterocycles. The van der Waals surface area contributed by atoms with Gasteiger partial charge in [-0.05, 0) is 116 Å². The molecular weight excluding hydrogens is 793 g/mol. The summed E-state index contributed by atoms with van der Waals surface area (Å²) < 4.78 is 12.3. The second-order valence-corrected chi connectivity index (χ2v) is 22.1. The maximum Gasteiger partial charge on any atom is 0.335 e. The Labute approximate surface area is 362 Å². The first-order valence-electron chi connectivity index (χ1n) is 23.1. The number of ether oxygens (including phenoxy) is 2. The molecule has 1 aromatic heterocycles. The highest BCUT2D eigenvalue weighted by molar-refractivity contribution is 5.89. The van der Waals surface area contributed by atoms with Crippen molar-refractivity contribution in [3.8, 4) is 0 Å². The standard InChI is InChI=1S/C49H64N2O11/c1-6-26-23-50-24-27(26)8-16-45-17-12-32(61-39-35(55)33(53)34(54)36(62-39)38(57)58)42(2,3)30(45)10-15-44(5)46(45)18-9-29-37(56)51-40-43(4)13-7-14-49(40)31(11-19-46)48(29,44)21-20-47(49,41(59)60)28(22-43)25-52/h7,9,11,14,18,23-25,28-30,32-36,39-40,50,53-55H,6,8,10,12-13,15-17,19-22H2,1-5H3,(H,51,56)(H,57,58)(H,59,60). The van der Waals surface area contributed by atoms with Crippen molar-refractivity contribution in [1.29, 1.82) is 0 Å². The Bertz CT molecular complexity index is 2200. The Hall–Kier alpha value is -3.62. The van der Waals surface area contributed by atoms with Crippen LogP contribution in [0.15, 0.2) is 48.3 Å². The summed E-state index contributed by atoms with van der Waals surface area (Å²) in [5, 5.41) is 57.2. The normalized spacial score (nSPS) is 50.3. The molecule has 336 valence electrons. The average molecular weight is 857 g/mol. The van der Waals surface area contributed by atoms with Gasteiger partial charge in [0.1, 0.15) is 24.6 Å². The van der Waals surface area contributed by atoms with Crippen LogP contribution in [0.1, 0.15) is 110 Å². The summed E-state index contributed by atoms with van der Waals surface area (Å²) in [7, 11) is 0. The number of aromatic nitrogens is 1. The van der Waals surface area contributed by atoms with Crippen molar-refractivity contribution in [2.24, 2.45) is 61.1 Å². The molecule has 10 rings (SSSR count). The quantitative estimate of drug-likeness (QED) is 0.0993. The second-order valence-electron chi connectivity index (χ2n) is 22.1. The number of carboxylic acids is 2. The molecule has 0 radical (unpaired) electrons. The molecule has 17 atom stereocenters. The van der Waals surface area contributed by atoms with E-state index in [9.17, 15) is 39.9 Å². The van der Waals surface area contributed by atoms with E-state index in [0.717, 1.165) is 44.0 Å². The maximum absolute atomic E-state index is 15.2. The summed E-state index contributed by atoms with van der Waals surface area (Å²) in [4.78, 5) is 58.0. The number of hydrogen-bond donors (Lipinski definition) is 7. The van der Waals surface area contributed by atoms with Crippen molar-refractivity contribution in [2.75, 3.05) is 0 Å². The monoisotopic (exact) mass is 856 g/mol. The molecule has 1 aromatic rings. The molecule has 13 nitrogen and oxygen atoms in total. The largest absolute Gasteiger partial charge is 0.481 e. The van der Waals surface area contributed by atoms with Crippen LogP contribution in [0.3, 0.4) is 0 Å². The van der Waals surface area contributed by atoms with E-state index in [1.54, 1.807) is 0 Å². The molecule has 2 saturated heterocycles. The summed E-state index contributed by atoms with van der Waals surface area (Å²) in [5.41, 5.74) is -2.12. The molecule has 9 aliphatic rings. The number of carbonyl (C=O) groups is 4. The molecule has 13 heteroatoms. The lowest BCUT2D eigenvalue weighted by atomic mass is 9.23. The molecule has 6 fully saturated rings. The number of aliphatic hydroxyl groups excluding tert-OH is 3. The predicted molar refractivity (Wildman–Crippen MR) is 224 cm³/mol. The number of carbonyl (C=O) groups excluding carboxylic acids is 2. The molecule has 4 saturated carbocycles. The van der Waals surface area contributed by atoms with Crippen LogP contribution in [0.25, 0.3) is 0 Å². The number of aldehydes is 1. The summed E-state index contributed by atoms with van der Waals surface area (Å²) in [6.07, 6.45) is 15.0. The number of rotatable bonds is 9. The van der Waals surface area contributed by atoms with Crippen LogP contribution in [0, 0.1) is 61.1 Å². The third-order valence-electron chi connectivity index (χ3n) is 20.2. The van der Waals surface area contributed by atoms with Gasteiger partial charge in [0.05, 0.1) is 17.4 Å². The van der Waals surface area contributed by atoms with E-state index < -0.39 is 105 Å². The average Bonchev–Trinajstić information content (AvgIpc) is 3.65. The second kappa shape index (κ2) is 13.5. The summed E-state index contributed by atoms with van der Waals surface area (Å²) >= 11 is 0. The number of aliphatic carboxylic acids is 2. The SMILES string of the molecule is CCc1c[nH]cc1CCC12CCC(OC3OC(C(=O)O)C(O)C(O)C3O)C(C)(C)C1CCC1(C)C34CCC5(C(=O)O)C(C=O)CC6(C)CC=CC57C3=CCC21C=CC4C(=O)NC67. The van der Waals surface area contributed by atoms with Crippen molar-refractivity contribution in [3.63, 3.8) is 0 Å². The number of carboxylic acid groups (broad SMARTS) is 2. The highest BCUT2D eigenvalue weighted by Crippen LogP contribution is 2.87. The molecule has 3 heterocycles. The third-order valence-corrected chi connectivity index (χ3v) is 20.2. The highest BCUT2D eigenvalue weighted by Gasteiger charge is 2.84. The van der Waals surface area contributed by atoms with E-state index in [4.69, 9.17) is 9.47 Å². The number of aromatic amines is 1. The van der Waals surface area contributed by atoms with E-state index in [2.05, 4.69) is 87.7 Å². The van der Waals surface area contributed by atoms with Crippen molar-refractivity contribution in [1.82, 2.24) is 10.3 Å². The third kappa shape index (κ3) is 4.67. The molecule has 0 aromatic carbocycles. The van der Waals surface area contributed by atoms with E-state index in [0.29, 0.717) is 38.5 Å². The smallest absolute Gasteiger partial charge is 0.335 e. The fourth-order valence-electron chi connectivity index (χ4n) is 17.5. The Morgan fingerprint density at radius 3 is 2.42 bits per heavy atom. The van der Waals surface area contributed by atoms with Gasteiger partial charge in [0.2, 0.25) is 5.91 Å². The van der Waals surface area contributed by atoms with Crippen LogP contribution in [-0.2, 0) is 41.5 Å². The Balaban J connectivity index is 1.14. The molecule has 2 spiro atoms. The van der Waals surface area contributed by atoms with E-state index >= 15 is 4.79 Å². The number of aliphatic hydroxyl groups is 3. The van der Waals surface area contributed by atoms with Crippen molar-refractivity contribution >= 4 is 24.1 Å². The van der Waals surface area contributed by atoms with Crippen molar-refractivity contribution in [3.05, 3.63) is 59.5 Å². The van der Waals surface area contributed by atoms with Gasteiger partial charge in [-0.1, -0.05) is 70.6 Å². The summed E-state index contributed by atoms with van der Waals surface area (Å²) in [5.74, 6) is -3.70. The van der Waals surface area contributed by atoms with Gasteiger partial charge in [0.15, 0.2) is 12.4 Å². The first-order chi connectivity index (χ1) is 29.3. The van der Waals surface area contributed by atoms with E-state index in [1.165, 1.54) is 11.1 Å². The topological polar surface area (TPSA) is 216 Å². The molecule has 4 bridgehead atoms. The van der Waals surface area contributed by atoms with Gasteiger partial charge in [-0.15, -0.1) is 0 Å².